The number of para-hydroxylation sites is 1. The number of hydrogen-bond acceptors (Lipinski definition) is 3. The summed E-state index contributed by atoms with van der Waals surface area (Å²) in [5.74, 6) is 2.48. The van der Waals surface area contributed by atoms with Gasteiger partial charge in [0.1, 0.15) is 5.75 Å². The van der Waals surface area contributed by atoms with Crippen molar-refractivity contribution >= 4 is 5.91 Å². The van der Waals surface area contributed by atoms with Gasteiger partial charge in [-0.2, -0.15) is 0 Å². The topological polar surface area (TPSA) is 41.6 Å². The fraction of sp³-hybridized carbons (Fsp3) is 0.632. The standard InChI is InChI=1S/C19H24N2O2/c22-19(20-13-7-8-13)15-10-21(9-12-5-6-12)18-14-3-1-2-4-17(14)23-11-16(15)18/h1-4,12-13,15-16,18H,5-11H2,(H,20,22)/t15-,16+,18+/m1/s1. The normalized spacial score (nSPS) is 32.8. The van der Waals surface area contributed by atoms with Gasteiger partial charge in [0.05, 0.1) is 12.5 Å². The first kappa shape index (κ1) is 13.8. The molecule has 0 bridgehead atoms. The van der Waals surface area contributed by atoms with Crippen LogP contribution >= 0.6 is 0 Å². The molecule has 4 nitrogen and oxygen atoms in total. The van der Waals surface area contributed by atoms with Gasteiger partial charge in [-0.25, -0.2) is 0 Å². The molecule has 4 heteroatoms. The van der Waals surface area contributed by atoms with Crippen molar-refractivity contribution in [2.45, 2.75) is 37.8 Å². The summed E-state index contributed by atoms with van der Waals surface area (Å²) in [5.41, 5.74) is 1.28. The molecule has 3 fully saturated rings. The first-order chi connectivity index (χ1) is 11.3. The average Bonchev–Trinajstić information content (AvgIpc) is 3.48. The summed E-state index contributed by atoms with van der Waals surface area (Å²) in [4.78, 5) is 15.3. The van der Waals surface area contributed by atoms with E-state index in [9.17, 15) is 4.79 Å². The predicted octanol–water partition coefficient (Wildman–Crippen LogP) is 2.36. The Balaban J connectivity index is 1.44. The molecule has 3 atom stereocenters. The van der Waals surface area contributed by atoms with Gasteiger partial charge in [0, 0.05) is 36.7 Å². The van der Waals surface area contributed by atoms with E-state index in [1.807, 2.05) is 6.07 Å². The molecule has 1 saturated heterocycles. The number of amides is 1. The van der Waals surface area contributed by atoms with E-state index in [1.54, 1.807) is 0 Å². The molecule has 2 aliphatic heterocycles. The van der Waals surface area contributed by atoms with Crippen LogP contribution in [0.2, 0.25) is 0 Å². The average molecular weight is 312 g/mol. The lowest BCUT2D eigenvalue weighted by atomic mass is 9.85. The molecule has 23 heavy (non-hydrogen) atoms. The van der Waals surface area contributed by atoms with Crippen molar-refractivity contribution < 1.29 is 9.53 Å². The van der Waals surface area contributed by atoms with Crippen LogP contribution in [0.1, 0.15) is 37.3 Å². The molecular weight excluding hydrogens is 288 g/mol. The van der Waals surface area contributed by atoms with E-state index in [-0.39, 0.29) is 11.8 Å². The van der Waals surface area contributed by atoms with E-state index in [0.29, 0.717) is 24.6 Å². The third-order valence-electron chi connectivity index (χ3n) is 5.87. The van der Waals surface area contributed by atoms with Crippen molar-refractivity contribution in [1.82, 2.24) is 10.2 Å². The smallest absolute Gasteiger partial charge is 0.225 e. The Labute approximate surface area is 137 Å². The van der Waals surface area contributed by atoms with Crippen LogP contribution in [-0.4, -0.2) is 36.5 Å². The molecule has 5 rings (SSSR count). The summed E-state index contributed by atoms with van der Waals surface area (Å²) in [6.45, 7) is 2.70. The minimum atomic E-state index is 0.0766. The van der Waals surface area contributed by atoms with Crippen molar-refractivity contribution in [1.29, 1.82) is 0 Å². The summed E-state index contributed by atoms with van der Waals surface area (Å²) in [7, 11) is 0. The molecule has 0 radical (unpaired) electrons. The van der Waals surface area contributed by atoms with Gasteiger partial charge in [0.25, 0.3) is 0 Å². The van der Waals surface area contributed by atoms with Gasteiger partial charge < -0.3 is 10.1 Å². The van der Waals surface area contributed by atoms with Gasteiger partial charge in [-0.1, -0.05) is 18.2 Å². The molecule has 1 aromatic rings. The molecule has 1 N–H and O–H groups in total. The maximum atomic E-state index is 12.7. The zero-order valence-corrected chi connectivity index (χ0v) is 13.4. The lowest BCUT2D eigenvalue weighted by Crippen LogP contribution is -2.39. The second-order valence-electron chi connectivity index (χ2n) is 7.74. The SMILES string of the molecule is O=C(NC1CC1)[C@@H]1CN(CC2CC2)[C@H]2c3ccccc3OC[C@@H]12. The fourth-order valence-corrected chi connectivity index (χ4v) is 4.30. The number of ether oxygens (including phenoxy) is 1. The molecular formula is C19H24N2O2. The largest absolute Gasteiger partial charge is 0.493 e. The van der Waals surface area contributed by atoms with Crippen molar-refractivity contribution in [3.05, 3.63) is 29.8 Å². The number of benzene rings is 1. The van der Waals surface area contributed by atoms with Crippen LogP contribution in [0.3, 0.4) is 0 Å². The Morgan fingerprint density at radius 2 is 2.04 bits per heavy atom. The Morgan fingerprint density at radius 3 is 2.83 bits per heavy atom. The highest BCUT2D eigenvalue weighted by Gasteiger charge is 2.50. The highest BCUT2D eigenvalue weighted by atomic mass is 16.5. The summed E-state index contributed by atoms with van der Waals surface area (Å²) < 4.78 is 6.00. The van der Waals surface area contributed by atoms with E-state index in [2.05, 4.69) is 28.4 Å². The third-order valence-corrected chi connectivity index (χ3v) is 5.87. The monoisotopic (exact) mass is 312 g/mol. The molecule has 1 amide bonds. The lowest BCUT2D eigenvalue weighted by Gasteiger charge is -2.34. The van der Waals surface area contributed by atoms with Gasteiger partial charge in [0.15, 0.2) is 0 Å². The zero-order valence-electron chi connectivity index (χ0n) is 13.4. The van der Waals surface area contributed by atoms with E-state index < -0.39 is 0 Å². The van der Waals surface area contributed by atoms with Crippen molar-refractivity contribution in [3.63, 3.8) is 0 Å². The number of fused-ring (bicyclic) bond motifs is 3. The van der Waals surface area contributed by atoms with Crippen molar-refractivity contribution in [3.8, 4) is 5.75 Å². The maximum Gasteiger partial charge on any atom is 0.225 e. The predicted molar refractivity (Wildman–Crippen MR) is 87.1 cm³/mol. The molecule has 0 unspecified atom stereocenters. The first-order valence-corrected chi connectivity index (χ1v) is 9.06. The number of hydrogen-bond donors (Lipinski definition) is 1. The van der Waals surface area contributed by atoms with E-state index in [0.717, 1.165) is 37.6 Å². The molecule has 2 aliphatic carbocycles. The van der Waals surface area contributed by atoms with Crippen LogP contribution in [-0.2, 0) is 4.79 Å². The van der Waals surface area contributed by atoms with Crippen LogP contribution < -0.4 is 10.1 Å². The lowest BCUT2D eigenvalue weighted by molar-refractivity contribution is -0.126. The fourth-order valence-electron chi connectivity index (χ4n) is 4.30. The number of likely N-dealkylation sites (tertiary alicyclic amines) is 1. The highest BCUT2D eigenvalue weighted by molar-refractivity contribution is 5.80. The summed E-state index contributed by atoms with van der Waals surface area (Å²) in [5, 5.41) is 3.22. The van der Waals surface area contributed by atoms with E-state index >= 15 is 0 Å². The summed E-state index contributed by atoms with van der Waals surface area (Å²) >= 11 is 0. The molecule has 2 saturated carbocycles. The number of carbonyl (C=O) groups is 1. The van der Waals surface area contributed by atoms with Crippen LogP contribution in [0, 0.1) is 17.8 Å². The molecule has 4 aliphatic rings. The molecule has 122 valence electrons. The Kier molecular flexibility index (Phi) is 3.15. The van der Waals surface area contributed by atoms with Crippen LogP contribution in [0.15, 0.2) is 24.3 Å². The third kappa shape index (κ3) is 2.53. The molecule has 1 aromatic carbocycles. The van der Waals surface area contributed by atoms with E-state index in [1.165, 1.54) is 18.4 Å². The number of carbonyl (C=O) groups excluding carboxylic acids is 1. The van der Waals surface area contributed by atoms with Gasteiger partial charge in [-0.05, 0) is 37.7 Å². The zero-order chi connectivity index (χ0) is 15.4. The summed E-state index contributed by atoms with van der Waals surface area (Å²) in [6, 6.07) is 9.19. The van der Waals surface area contributed by atoms with E-state index in [4.69, 9.17) is 4.74 Å². The molecule has 0 aromatic heterocycles. The van der Waals surface area contributed by atoms with Gasteiger partial charge in [-0.15, -0.1) is 0 Å². The Hall–Kier alpha value is -1.55. The number of rotatable bonds is 4. The first-order valence-electron chi connectivity index (χ1n) is 9.06. The number of nitrogens with zero attached hydrogens (tertiary/aromatic N) is 1. The highest BCUT2D eigenvalue weighted by Crippen LogP contribution is 2.48. The van der Waals surface area contributed by atoms with Gasteiger partial charge in [0.2, 0.25) is 5.91 Å². The second kappa shape index (κ2) is 5.23. The van der Waals surface area contributed by atoms with Crippen LogP contribution in [0.25, 0.3) is 0 Å². The quantitative estimate of drug-likeness (QED) is 0.928. The molecule has 0 spiro atoms. The second-order valence-corrected chi connectivity index (χ2v) is 7.74. The van der Waals surface area contributed by atoms with Crippen LogP contribution in [0.4, 0.5) is 0 Å². The van der Waals surface area contributed by atoms with Gasteiger partial charge >= 0.3 is 0 Å². The Morgan fingerprint density at radius 1 is 1.22 bits per heavy atom. The minimum absolute atomic E-state index is 0.0766. The minimum Gasteiger partial charge on any atom is -0.493 e. The van der Waals surface area contributed by atoms with Crippen LogP contribution in [0.5, 0.6) is 5.75 Å². The van der Waals surface area contributed by atoms with Gasteiger partial charge in [-0.3, -0.25) is 9.69 Å². The Bertz CT molecular complexity index is 624. The summed E-state index contributed by atoms with van der Waals surface area (Å²) in [6.07, 6.45) is 5.01. The van der Waals surface area contributed by atoms with Crippen molar-refractivity contribution in [2.75, 3.05) is 19.7 Å². The number of nitrogens with one attached hydrogen (secondary N) is 1. The van der Waals surface area contributed by atoms with Crippen molar-refractivity contribution in [2.24, 2.45) is 17.8 Å². The maximum absolute atomic E-state index is 12.7. The molecule has 2 heterocycles.